The number of carbonyl (C=O) groups excluding carboxylic acids is 2. The molecule has 0 aromatic heterocycles. The molecular weight excluding hydrogens is 346 g/mol. The van der Waals surface area contributed by atoms with Crippen LogP contribution in [0.15, 0.2) is 18.2 Å². The fourth-order valence-electron chi connectivity index (χ4n) is 3.25. The van der Waals surface area contributed by atoms with E-state index in [4.69, 9.17) is 14.2 Å². The molecule has 0 unspecified atom stereocenters. The summed E-state index contributed by atoms with van der Waals surface area (Å²) in [5, 5.41) is 2.91. The summed E-state index contributed by atoms with van der Waals surface area (Å²) in [7, 11) is 1.58. The lowest BCUT2D eigenvalue weighted by Gasteiger charge is -2.34. The fourth-order valence-corrected chi connectivity index (χ4v) is 3.25. The molecular formula is C21H31NO5. The second-order valence-corrected chi connectivity index (χ2v) is 7.35. The zero-order chi connectivity index (χ0) is 19.9. The maximum Gasteiger partial charge on any atom is 0.341 e. The monoisotopic (exact) mass is 377 g/mol. The molecule has 0 bridgehead atoms. The van der Waals surface area contributed by atoms with Gasteiger partial charge in [-0.3, -0.25) is 4.79 Å². The van der Waals surface area contributed by atoms with Crippen molar-refractivity contribution in [2.75, 3.05) is 25.6 Å². The molecule has 1 amide bonds. The summed E-state index contributed by atoms with van der Waals surface area (Å²) in [6.45, 7) is 6.58. The molecule has 0 heterocycles. The first-order chi connectivity index (χ1) is 12.9. The SMILES string of the molecule is CCOC(=O)c1cc(NC(=O)C2(OC)CCCCC2)ccc1OCC(C)C. The van der Waals surface area contributed by atoms with Crippen LogP contribution in [-0.2, 0) is 14.3 Å². The zero-order valence-electron chi connectivity index (χ0n) is 16.8. The topological polar surface area (TPSA) is 73.9 Å². The number of ether oxygens (including phenoxy) is 3. The molecule has 0 radical (unpaired) electrons. The highest BCUT2D eigenvalue weighted by Gasteiger charge is 2.39. The van der Waals surface area contributed by atoms with Crippen molar-refractivity contribution >= 4 is 17.6 Å². The minimum Gasteiger partial charge on any atom is -0.492 e. The van der Waals surface area contributed by atoms with E-state index in [9.17, 15) is 9.59 Å². The van der Waals surface area contributed by atoms with Gasteiger partial charge < -0.3 is 19.5 Å². The van der Waals surface area contributed by atoms with E-state index in [-0.39, 0.29) is 12.5 Å². The van der Waals surface area contributed by atoms with Crippen LogP contribution >= 0.6 is 0 Å². The van der Waals surface area contributed by atoms with E-state index in [0.717, 1.165) is 19.3 Å². The molecule has 1 aliphatic carbocycles. The largest absolute Gasteiger partial charge is 0.492 e. The summed E-state index contributed by atoms with van der Waals surface area (Å²) in [5.74, 6) is 0.147. The third-order valence-electron chi connectivity index (χ3n) is 4.77. The highest BCUT2D eigenvalue weighted by molar-refractivity contribution is 5.99. The Morgan fingerprint density at radius 2 is 1.89 bits per heavy atom. The number of esters is 1. The van der Waals surface area contributed by atoms with Crippen LogP contribution in [0.1, 0.15) is 63.2 Å². The van der Waals surface area contributed by atoms with Gasteiger partial charge in [0.15, 0.2) is 0 Å². The maximum absolute atomic E-state index is 12.8. The molecule has 1 N–H and O–H groups in total. The second kappa shape index (κ2) is 9.74. The van der Waals surface area contributed by atoms with Crippen molar-refractivity contribution in [3.63, 3.8) is 0 Å². The number of methoxy groups -OCH3 is 1. The van der Waals surface area contributed by atoms with Crippen LogP contribution in [0.4, 0.5) is 5.69 Å². The van der Waals surface area contributed by atoms with Gasteiger partial charge in [0, 0.05) is 12.8 Å². The average Bonchev–Trinajstić information content (AvgIpc) is 2.67. The third-order valence-corrected chi connectivity index (χ3v) is 4.77. The van der Waals surface area contributed by atoms with Gasteiger partial charge in [-0.15, -0.1) is 0 Å². The van der Waals surface area contributed by atoms with Crippen molar-refractivity contribution in [3.05, 3.63) is 23.8 Å². The predicted octanol–water partition coefficient (Wildman–Crippen LogP) is 4.19. The number of benzene rings is 1. The second-order valence-electron chi connectivity index (χ2n) is 7.35. The molecule has 6 heteroatoms. The molecule has 6 nitrogen and oxygen atoms in total. The molecule has 150 valence electrons. The molecule has 0 saturated heterocycles. The summed E-state index contributed by atoms with van der Waals surface area (Å²) < 4.78 is 16.5. The van der Waals surface area contributed by atoms with Gasteiger partial charge in [-0.2, -0.15) is 0 Å². The van der Waals surface area contributed by atoms with E-state index in [1.807, 2.05) is 13.8 Å². The molecule has 0 atom stereocenters. The first-order valence-corrected chi connectivity index (χ1v) is 9.72. The lowest BCUT2D eigenvalue weighted by atomic mass is 9.84. The summed E-state index contributed by atoms with van der Waals surface area (Å²) in [5.41, 5.74) is 0.0437. The number of anilines is 1. The average molecular weight is 377 g/mol. The highest BCUT2D eigenvalue weighted by atomic mass is 16.5. The minimum atomic E-state index is -0.796. The Morgan fingerprint density at radius 3 is 2.48 bits per heavy atom. The zero-order valence-corrected chi connectivity index (χ0v) is 16.8. The van der Waals surface area contributed by atoms with Gasteiger partial charge >= 0.3 is 5.97 Å². The Hall–Kier alpha value is -2.08. The highest BCUT2D eigenvalue weighted by Crippen LogP contribution is 2.33. The quantitative estimate of drug-likeness (QED) is 0.688. The number of nitrogens with one attached hydrogen (secondary N) is 1. The molecule has 2 rings (SSSR count). The van der Waals surface area contributed by atoms with Crippen LogP contribution in [0.5, 0.6) is 5.75 Å². The molecule has 27 heavy (non-hydrogen) atoms. The van der Waals surface area contributed by atoms with Crippen LogP contribution in [-0.4, -0.2) is 37.8 Å². The first-order valence-electron chi connectivity index (χ1n) is 9.72. The molecule has 1 fully saturated rings. The van der Waals surface area contributed by atoms with E-state index < -0.39 is 11.6 Å². The van der Waals surface area contributed by atoms with Gasteiger partial charge in [0.1, 0.15) is 16.9 Å². The Kier molecular flexibility index (Phi) is 7.66. The van der Waals surface area contributed by atoms with Crippen LogP contribution < -0.4 is 10.1 Å². The van der Waals surface area contributed by atoms with Crippen molar-refractivity contribution in [2.24, 2.45) is 5.92 Å². The number of rotatable bonds is 8. The molecule has 1 aromatic carbocycles. The molecule has 1 saturated carbocycles. The van der Waals surface area contributed by atoms with E-state index in [1.165, 1.54) is 0 Å². The fraction of sp³-hybridized carbons (Fsp3) is 0.619. The van der Waals surface area contributed by atoms with Crippen molar-refractivity contribution in [2.45, 2.75) is 58.5 Å². The Balaban J connectivity index is 2.22. The van der Waals surface area contributed by atoms with Crippen molar-refractivity contribution in [3.8, 4) is 5.75 Å². The molecule has 0 spiro atoms. The van der Waals surface area contributed by atoms with Crippen LogP contribution in [0.25, 0.3) is 0 Å². The smallest absolute Gasteiger partial charge is 0.341 e. The Bertz CT molecular complexity index is 650. The van der Waals surface area contributed by atoms with Crippen LogP contribution in [0.3, 0.4) is 0 Å². The van der Waals surface area contributed by atoms with Crippen molar-refractivity contribution < 1.29 is 23.8 Å². The Morgan fingerprint density at radius 1 is 1.19 bits per heavy atom. The summed E-state index contributed by atoms with van der Waals surface area (Å²) in [6, 6.07) is 5.05. The molecule has 0 aliphatic heterocycles. The van der Waals surface area contributed by atoms with E-state index in [2.05, 4.69) is 5.32 Å². The standard InChI is InChI=1S/C21H31NO5/c1-5-26-19(23)17-13-16(9-10-18(17)27-14-15(2)3)22-20(24)21(25-4)11-7-6-8-12-21/h9-10,13,15H,5-8,11-12,14H2,1-4H3,(H,22,24). The first kappa shape index (κ1) is 21.2. The van der Waals surface area contributed by atoms with Gasteiger partial charge in [-0.05, 0) is 43.9 Å². The van der Waals surface area contributed by atoms with E-state index >= 15 is 0 Å². The maximum atomic E-state index is 12.8. The summed E-state index contributed by atoms with van der Waals surface area (Å²) >= 11 is 0. The number of amides is 1. The normalized spacial score (nSPS) is 16.0. The summed E-state index contributed by atoms with van der Waals surface area (Å²) in [6.07, 6.45) is 4.47. The lowest BCUT2D eigenvalue weighted by molar-refractivity contribution is -0.141. The number of hydrogen-bond acceptors (Lipinski definition) is 5. The lowest BCUT2D eigenvalue weighted by Crippen LogP contribution is -2.46. The van der Waals surface area contributed by atoms with Gasteiger partial charge in [0.25, 0.3) is 5.91 Å². The van der Waals surface area contributed by atoms with E-state index in [1.54, 1.807) is 32.2 Å². The van der Waals surface area contributed by atoms with Crippen molar-refractivity contribution in [1.29, 1.82) is 0 Å². The minimum absolute atomic E-state index is 0.171. The van der Waals surface area contributed by atoms with Crippen molar-refractivity contribution in [1.82, 2.24) is 0 Å². The number of hydrogen-bond donors (Lipinski definition) is 1. The number of carbonyl (C=O) groups is 2. The van der Waals surface area contributed by atoms with E-state index in [0.29, 0.717) is 42.4 Å². The predicted molar refractivity (Wildman–Crippen MR) is 104 cm³/mol. The molecule has 1 aromatic rings. The van der Waals surface area contributed by atoms with Gasteiger partial charge in [0.05, 0.1) is 13.2 Å². The third kappa shape index (κ3) is 5.45. The molecule has 1 aliphatic rings. The van der Waals surface area contributed by atoms with Gasteiger partial charge in [-0.1, -0.05) is 33.1 Å². The van der Waals surface area contributed by atoms with Crippen LogP contribution in [0, 0.1) is 5.92 Å². The Labute approximate surface area is 161 Å². The van der Waals surface area contributed by atoms with Gasteiger partial charge in [-0.25, -0.2) is 4.79 Å². The van der Waals surface area contributed by atoms with Gasteiger partial charge in [0.2, 0.25) is 0 Å². The summed E-state index contributed by atoms with van der Waals surface area (Å²) in [4.78, 5) is 25.2. The van der Waals surface area contributed by atoms with Crippen LogP contribution in [0.2, 0.25) is 0 Å².